The number of hydrogen-bond acceptors (Lipinski definition) is 4. The maximum atomic E-state index is 12.9. The molecule has 0 amide bonds. The number of ketones is 1. The van der Waals surface area contributed by atoms with Crippen molar-refractivity contribution in [2.45, 2.75) is 13.7 Å². The van der Waals surface area contributed by atoms with Crippen LogP contribution in [0.4, 0.5) is 0 Å². The van der Waals surface area contributed by atoms with Crippen molar-refractivity contribution in [2.24, 2.45) is 0 Å². The highest BCUT2D eigenvalue weighted by molar-refractivity contribution is 6.25. The van der Waals surface area contributed by atoms with E-state index in [1.54, 1.807) is 7.11 Å². The van der Waals surface area contributed by atoms with Crippen molar-refractivity contribution >= 4 is 16.7 Å². The molecule has 3 aromatic rings. The van der Waals surface area contributed by atoms with Gasteiger partial charge in [0.05, 0.1) is 18.7 Å². The summed E-state index contributed by atoms with van der Waals surface area (Å²) in [6.45, 7) is 3.34. The van der Waals surface area contributed by atoms with E-state index in [2.05, 4.69) is 0 Å². The topological polar surface area (TPSA) is 53.4 Å². The molecule has 24 heavy (non-hydrogen) atoms. The van der Waals surface area contributed by atoms with Crippen LogP contribution in [0.3, 0.4) is 0 Å². The van der Waals surface area contributed by atoms with Gasteiger partial charge in [-0.25, -0.2) is 4.68 Å². The third-order valence-electron chi connectivity index (χ3n) is 4.43. The van der Waals surface area contributed by atoms with Gasteiger partial charge < -0.3 is 9.47 Å². The third-order valence-corrected chi connectivity index (χ3v) is 4.43. The van der Waals surface area contributed by atoms with Crippen LogP contribution in [0.5, 0.6) is 0 Å². The third kappa shape index (κ3) is 2.17. The Kier molecular flexibility index (Phi) is 3.67. The summed E-state index contributed by atoms with van der Waals surface area (Å²) in [5, 5.41) is 5.66. The van der Waals surface area contributed by atoms with Crippen LogP contribution in [0.25, 0.3) is 22.2 Å². The molecule has 1 aromatic heterocycles. The lowest BCUT2D eigenvalue weighted by Gasteiger charge is -2.16. The number of ether oxygens (including phenoxy) is 2. The number of methoxy groups -OCH3 is 1. The van der Waals surface area contributed by atoms with Crippen LogP contribution in [0.1, 0.15) is 21.5 Å². The molecule has 1 aliphatic rings. The first-order chi connectivity index (χ1) is 11.7. The molecule has 0 atom stereocenters. The standard InChI is InChI=1S/C19H18N2O3/c1-12-7-8-15-17-16(12)19(22)14-6-4-3-5-13(14)18(17)20-21(15)11-24-10-9-23-2/h3-8H,9-11H2,1-2H3. The summed E-state index contributed by atoms with van der Waals surface area (Å²) in [5.74, 6) is 0.0704. The van der Waals surface area contributed by atoms with Crippen LogP contribution in [-0.2, 0) is 16.2 Å². The molecule has 0 radical (unpaired) electrons. The first-order valence-electron chi connectivity index (χ1n) is 7.93. The summed E-state index contributed by atoms with van der Waals surface area (Å²) in [6, 6.07) is 11.6. The summed E-state index contributed by atoms with van der Waals surface area (Å²) in [4.78, 5) is 12.9. The molecule has 0 saturated carbocycles. The predicted molar refractivity (Wildman–Crippen MR) is 91.2 cm³/mol. The second-order valence-electron chi connectivity index (χ2n) is 5.90. The lowest BCUT2D eigenvalue weighted by Crippen LogP contribution is -2.10. The highest BCUT2D eigenvalue weighted by atomic mass is 16.5. The molecule has 5 heteroatoms. The first kappa shape index (κ1) is 15.1. The largest absolute Gasteiger partial charge is 0.382 e. The zero-order chi connectivity index (χ0) is 16.7. The summed E-state index contributed by atoms with van der Waals surface area (Å²) < 4.78 is 12.4. The minimum atomic E-state index is 0.0704. The zero-order valence-electron chi connectivity index (χ0n) is 13.7. The lowest BCUT2D eigenvalue weighted by molar-refractivity contribution is 0.0309. The van der Waals surface area contributed by atoms with Crippen molar-refractivity contribution in [2.75, 3.05) is 20.3 Å². The maximum Gasteiger partial charge on any atom is 0.194 e. The molecule has 1 heterocycles. The van der Waals surface area contributed by atoms with Gasteiger partial charge in [-0.3, -0.25) is 4.79 Å². The molecule has 0 fully saturated rings. The average molecular weight is 322 g/mol. The number of fused-ring (bicyclic) bond motifs is 2. The molecule has 5 nitrogen and oxygen atoms in total. The molecular weight excluding hydrogens is 304 g/mol. The first-order valence-corrected chi connectivity index (χ1v) is 7.93. The molecule has 2 aromatic carbocycles. The number of nitrogens with zero attached hydrogens (tertiary/aromatic N) is 2. The van der Waals surface area contributed by atoms with Crippen LogP contribution < -0.4 is 0 Å². The maximum absolute atomic E-state index is 12.9. The van der Waals surface area contributed by atoms with Crippen LogP contribution in [0.15, 0.2) is 36.4 Å². The normalized spacial score (nSPS) is 12.7. The van der Waals surface area contributed by atoms with Gasteiger partial charge in [0.2, 0.25) is 0 Å². The van der Waals surface area contributed by atoms with Crippen LogP contribution in [-0.4, -0.2) is 35.9 Å². The van der Waals surface area contributed by atoms with Crippen molar-refractivity contribution in [3.8, 4) is 11.3 Å². The molecule has 0 unspecified atom stereocenters. The number of aromatic nitrogens is 2. The van der Waals surface area contributed by atoms with E-state index in [-0.39, 0.29) is 5.78 Å². The van der Waals surface area contributed by atoms with E-state index in [9.17, 15) is 4.79 Å². The number of carbonyl (C=O) groups excluding carboxylic acids is 1. The van der Waals surface area contributed by atoms with Gasteiger partial charge in [-0.1, -0.05) is 30.3 Å². The van der Waals surface area contributed by atoms with E-state index in [0.29, 0.717) is 25.5 Å². The van der Waals surface area contributed by atoms with E-state index in [1.807, 2.05) is 48.0 Å². The predicted octanol–water partition coefficient (Wildman–Crippen LogP) is 3.18. The van der Waals surface area contributed by atoms with Crippen LogP contribution in [0, 0.1) is 6.92 Å². The fourth-order valence-corrected chi connectivity index (χ4v) is 3.27. The summed E-state index contributed by atoms with van der Waals surface area (Å²) in [5.41, 5.74) is 5.11. The van der Waals surface area contributed by atoms with Crippen molar-refractivity contribution in [1.82, 2.24) is 9.78 Å². The number of carbonyl (C=O) groups is 1. The number of aryl methyl sites for hydroxylation is 1. The van der Waals surface area contributed by atoms with Gasteiger partial charge in [0.15, 0.2) is 5.78 Å². The molecule has 0 aliphatic heterocycles. The SMILES string of the molecule is COCCOCn1nc2c3c(c(C)ccc31)C(=O)c1ccccc1-2. The Morgan fingerprint density at radius 2 is 1.88 bits per heavy atom. The Morgan fingerprint density at radius 1 is 1.08 bits per heavy atom. The lowest BCUT2D eigenvalue weighted by atomic mass is 9.85. The molecule has 4 rings (SSSR count). The second-order valence-corrected chi connectivity index (χ2v) is 5.90. The molecule has 0 saturated heterocycles. The Hall–Kier alpha value is -2.50. The minimum Gasteiger partial charge on any atom is -0.382 e. The monoisotopic (exact) mass is 322 g/mol. The van der Waals surface area contributed by atoms with Gasteiger partial charge in [0.25, 0.3) is 0 Å². The van der Waals surface area contributed by atoms with Gasteiger partial charge in [-0.15, -0.1) is 0 Å². The average Bonchev–Trinajstić information content (AvgIpc) is 2.97. The fraction of sp³-hybridized carbons (Fsp3) is 0.263. The molecule has 0 N–H and O–H groups in total. The van der Waals surface area contributed by atoms with Gasteiger partial charge in [-0.2, -0.15) is 5.10 Å². The van der Waals surface area contributed by atoms with E-state index >= 15 is 0 Å². The van der Waals surface area contributed by atoms with Gasteiger partial charge >= 0.3 is 0 Å². The Morgan fingerprint density at radius 3 is 2.67 bits per heavy atom. The quantitative estimate of drug-likeness (QED) is 0.530. The molecule has 1 aliphatic carbocycles. The zero-order valence-corrected chi connectivity index (χ0v) is 13.7. The minimum absolute atomic E-state index is 0.0704. The Balaban J connectivity index is 1.89. The van der Waals surface area contributed by atoms with E-state index in [4.69, 9.17) is 14.6 Å². The van der Waals surface area contributed by atoms with E-state index in [1.165, 1.54) is 0 Å². The van der Waals surface area contributed by atoms with Crippen LogP contribution >= 0.6 is 0 Å². The molecule has 122 valence electrons. The van der Waals surface area contributed by atoms with Crippen molar-refractivity contribution in [3.05, 3.63) is 53.1 Å². The Labute approximate surface area is 139 Å². The van der Waals surface area contributed by atoms with Crippen molar-refractivity contribution < 1.29 is 14.3 Å². The smallest absolute Gasteiger partial charge is 0.194 e. The van der Waals surface area contributed by atoms with E-state index < -0.39 is 0 Å². The second kappa shape index (κ2) is 5.85. The summed E-state index contributed by atoms with van der Waals surface area (Å²) in [7, 11) is 1.64. The van der Waals surface area contributed by atoms with Gasteiger partial charge in [-0.05, 0) is 18.6 Å². The van der Waals surface area contributed by atoms with Crippen molar-refractivity contribution in [1.29, 1.82) is 0 Å². The Bertz CT molecular complexity index is 943. The van der Waals surface area contributed by atoms with E-state index in [0.717, 1.165) is 33.3 Å². The number of benzene rings is 2. The van der Waals surface area contributed by atoms with Gasteiger partial charge in [0, 0.05) is 29.2 Å². The number of rotatable bonds is 5. The molecule has 0 bridgehead atoms. The summed E-state index contributed by atoms with van der Waals surface area (Å²) in [6.07, 6.45) is 0. The molecule has 0 spiro atoms. The summed E-state index contributed by atoms with van der Waals surface area (Å²) >= 11 is 0. The fourth-order valence-electron chi connectivity index (χ4n) is 3.27. The highest BCUT2D eigenvalue weighted by Gasteiger charge is 2.29. The van der Waals surface area contributed by atoms with Crippen molar-refractivity contribution in [3.63, 3.8) is 0 Å². The number of hydrogen-bond donors (Lipinski definition) is 0. The highest BCUT2D eigenvalue weighted by Crippen LogP contribution is 2.39. The van der Waals surface area contributed by atoms with Gasteiger partial charge in [0.1, 0.15) is 12.4 Å². The van der Waals surface area contributed by atoms with Crippen LogP contribution in [0.2, 0.25) is 0 Å². The molecular formula is C19H18N2O3.